The van der Waals surface area contributed by atoms with E-state index in [9.17, 15) is 22.8 Å². The van der Waals surface area contributed by atoms with Crippen molar-refractivity contribution in [3.8, 4) is 11.5 Å². The number of hydrogen-bond acceptors (Lipinski definition) is 6. The SMILES string of the molecule is Cc1ccc(OC2CCCN(C(=O)Cn3cc(NC(=O)CCOc4cccnc4C(F)(F)F)cn3)C2)cc1. The summed E-state index contributed by atoms with van der Waals surface area (Å²) in [7, 11) is 0. The van der Waals surface area contributed by atoms with Gasteiger partial charge in [0.15, 0.2) is 5.69 Å². The standard InChI is InChI=1S/C26H28F3N5O4/c1-18-6-8-20(9-7-18)38-21-4-3-12-33(16-21)24(36)17-34-15-19(14-31-34)32-23(35)10-13-37-22-5-2-11-30-25(22)26(27,28)29/h2,5-9,11,14-15,21H,3-4,10,12-13,16-17H2,1H3,(H,32,35). The van der Waals surface area contributed by atoms with E-state index in [1.54, 1.807) is 4.90 Å². The molecule has 1 unspecified atom stereocenters. The van der Waals surface area contributed by atoms with Gasteiger partial charge in [-0.1, -0.05) is 17.7 Å². The smallest absolute Gasteiger partial charge is 0.437 e. The molecule has 12 heteroatoms. The molecule has 9 nitrogen and oxygen atoms in total. The number of ether oxygens (including phenoxy) is 2. The van der Waals surface area contributed by atoms with Crippen molar-refractivity contribution in [1.82, 2.24) is 19.7 Å². The Hall–Kier alpha value is -4.09. The minimum absolute atomic E-state index is 0.00252. The number of nitrogens with zero attached hydrogens (tertiary/aromatic N) is 4. The van der Waals surface area contributed by atoms with Gasteiger partial charge in [-0.2, -0.15) is 18.3 Å². The van der Waals surface area contributed by atoms with Gasteiger partial charge in [0.05, 0.1) is 31.5 Å². The Labute approximate surface area is 217 Å². The van der Waals surface area contributed by atoms with Gasteiger partial charge in [-0.05, 0) is 44.0 Å². The van der Waals surface area contributed by atoms with E-state index in [1.807, 2.05) is 31.2 Å². The highest BCUT2D eigenvalue weighted by Gasteiger charge is 2.36. The van der Waals surface area contributed by atoms with Crippen molar-refractivity contribution in [3.05, 3.63) is 66.2 Å². The molecule has 0 spiro atoms. The van der Waals surface area contributed by atoms with Crippen LogP contribution in [0.1, 0.15) is 30.5 Å². The van der Waals surface area contributed by atoms with Crippen molar-refractivity contribution in [2.75, 3.05) is 25.0 Å². The molecule has 0 bridgehead atoms. The number of carbonyl (C=O) groups is 2. The van der Waals surface area contributed by atoms with Crippen molar-refractivity contribution in [3.63, 3.8) is 0 Å². The van der Waals surface area contributed by atoms with Crippen LogP contribution < -0.4 is 14.8 Å². The van der Waals surface area contributed by atoms with E-state index in [-0.39, 0.29) is 31.6 Å². The summed E-state index contributed by atoms with van der Waals surface area (Å²) in [5.41, 5.74) is 0.359. The summed E-state index contributed by atoms with van der Waals surface area (Å²) in [6, 6.07) is 10.3. The van der Waals surface area contributed by atoms with Crippen LogP contribution in [0.25, 0.3) is 0 Å². The van der Waals surface area contributed by atoms with Gasteiger partial charge in [0, 0.05) is 18.9 Å². The van der Waals surface area contributed by atoms with Crippen molar-refractivity contribution in [2.24, 2.45) is 0 Å². The number of anilines is 1. The lowest BCUT2D eigenvalue weighted by Crippen LogP contribution is -2.45. The molecule has 1 atom stereocenters. The first kappa shape index (κ1) is 27.0. The third kappa shape index (κ3) is 7.46. The van der Waals surface area contributed by atoms with E-state index in [0.29, 0.717) is 18.8 Å². The van der Waals surface area contributed by atoms with Crippen LogP contribution in [0.5, 0.6) is 11.5 Å². The summed E-state index contributed by atoms with van der Waals surface area (Å²) in [6.07, 6.45) is 0.682. The average Bonchev–Trinajstić information content (AvgIpc) is 3.31. The summed E-state index contributed by atoms with van der Waals surface area (Å²) in [5.74, 6) is -0.258. The number of aryl methyl sites for hydroxylation is 1. The number of alkyl halides is 3. The second-order valence-corrected chi connectivity index (χ2v) is 8.96. The quantitative estimate of drug-likeness (QED) is 0.447. The van der Waals surface area contributed by atoms with Crippen molar-refractivity contribution in [1.29, 1.82) is 0 Å². The average molecular weight is 532 g/mol. The second-order valence-electron chi connectivity index (χ2n) is 8.96. The molecule has 1 aliphatic heterocycles. The second kappa shape index (κ2) is 12.0. The molecule has 1 aromatic carbocycles. The Kier molecular flexibility index (Phi) is 8.49. The fraction of sp³-hybridized carbons (Fsp3) is 0.385. The normalized spacial score (nSPS) is 15.7. The molecule has 2 amide bonds. The Bertz CT molecular complexity index is 1250. The van der Waals surface area contributed by atoms with Gasteiger partial charge in [-0.25, -0.2) is 4.98 Å². The van der Waals surface area contributed by atoms with Crippen LogP contribution in [0.4, 0.5) is 18.9 Å². The number of aromatic nitrogens is 3. The van der Waals surface area contributed by atoms with Crippen LogP contribution in [0.15, 0.2) is 55.0 Å². The summed E-state index contributed by atoms with van der Waals surface area (Å²) >= 11 is 0. The van der Waals surface area contributed by atoms with Gasteiger partial charge in [0.25, 0.3) is 0 Å². The van der Waals surface area contributed by atoms with Crippen LogP contribution in [-0.4, -0.2) is 57.3 Å². The van der Waals surface area contributed by atoms with E-state index in [4.69, 9.17) is 9.47 Å². The fourth-order valence-corrected chi connectivity index (χ4v) is 4.02. The van der Waals surface area contributed by atoms with Crippen molar-refractivity contribution in [2.45, 2.75) is 45.0 Å². The summed E-state index contributed by atoms with van der Waals surface area (Å²) in [5, 5.41) is 6.72. The zero-order valence-corrected chi connectivity index (χ0v) is 20.8. The molecule has 0 aliphatic carbocycles. The minimum Gasteiger partial charge on any atom is -0.491 e. The maximum Gasteiger partial charge on any atom is 0.437 e. The van der Waals surface area contributed by atoms with E-state index in [2.05, 4.69) is 15.4 Å². The molecule has 0 saturated carbocycles. The van der Waals surface area contributed by atoms with Crippen LogP contribution in [-0.2, 0) is 22.3 Å². The summed E-state index contributed by atoms with van der Waals surface area (Å²) in [4.78, 5) is 30.1. The van der Waals surface area contributed by atoms with Gasteiger partial charge < -0.3 is 19.7 Å². The predicted molar refractivity (Wildman–Crippen MR) is 132 cm³/mol. The third-order valence-electron chi connectivity index (χ3n) is 5.89. The number of benzene rings is 1. The Morgan fingerprint density at radius 1 is 1.18 bits per heavy atom. The number of likely N-dealkylation sites (tertiary alicyclic amines) is 1. The molecule has 4 rings (SSSR count). The van der Waals surface area contributed by atoms with E-state index >= 15 is 0 Å². The number of amides is 2. The predicted octanol–water partition coefficient (Wildman–Crippen LogP) is 4.08. The summed E-state index contributed by atoms with van der Waals surface area (Å²) in [6.45, 7) is 2.84. The third-order valence-corrected chi connectivity index (χ3v) is 5.89. The van der Waals surface area contributed by atoms with Crippen LogP contribution in [0.3, 0.4) is 0 Å². The first-order valence-electron chi connectivity index (χ1n) is 12.2. The maximum atomic E-state index is 13.0. The Balaban J connectivity index is 1.22. The number of piperidine rings is 1. The highest BCUT2D eigenvalue weighted by molar-refractivity contribution is 5.90. The zero-order valence-electron chi connectivity index (χ0n) is 20.8. The molecule has 3 aromatic rings. The maximum absolute atomic E-state index is 13.0. The Morgan fingerprint density at radius 3 is 2.74 bits per heavy atom. The van der Waals surface area contributed by atoms with E-state index in [0.717, 1.165) is 36.4 Å². The molecule has 2 aromatic heterocycles. The Morgan fingerprint density at radius 2 is 1.97 bits per heavy atom. The molecule has 1 aliphatic rings. The van der Waals surface area contributed by atoms with E-state index in [1.165, 1.54) is 23.1 Å². The molecule has 0 radical (unpaired) electrons. The first-order valence-corrected chi connectivity index (χ1v) is 12.2. The number of nitrogens with one attached hydrogen (secondary N) is 1. The van der Waals surface area contributed by atoms with Crippen LogP contribution >= 0.6 is 0 Å². The van der Waals surface area contributed by atoms with Crippen LogP contribution in [0.2, 0.25) is 0 Å². The number of pyridine rings is 1. The highest BCUT2D eigenvalue weighted by atomic mass is 19.4. The van der Waals surface area contributed by atoms with Gasteiger partial charge >= 0.3 is 6.18 Å². The zero-order chi connectivity index (χ0) is 27.1. The highest BCUT2D eigenvalue weighted by Crippen LogP contribution is 2.34. The van der Waals surface area contributed by atoms with Gasteiger partial charge in [-0.15, -0.1) is 0 Å². The molecule has 202 valence electrons. The molecule has 1 saturated heterocycles. The van der Waals surface area contributed by atoms with Crippen molar-refractivity contribution >= 4 is 17.5 Å². The lowest BCUT2D eigenvalue weighted by Gasteiger charge is -2.33. The molecule has 1 fully saturated rings. The fourth-order valence-electron chi connectivity index (χ4n) is 4.02. The van der Waals surface area contributed by atoms with Crippen LogP contribution in [0, 0.1) is 6.92 Å². The first-order chi connectivity index (χ1) is 18.2. The minimum atomic E-state index is -4.66. The van der Waals surface area contributed by atoms with Gasteiger partial charge in [-0.3, -0.25) is 14.3 Å². The number of rotatable bonds is 9. The molecular weight excluding hydrogens is 503 g/mol. The topological polar surface area (TPSA) is 98.6 Å². The molecule has 38 heavy (non-hydrogen) atoms. The number of halogens is 3. The largest absolute Gasteiger partial charge is 0.491 e. The summed E-state index contributed by atoms with van der Waals surface area (Å²) < 4.78 is 51.6. The lowest BCUT2D eigenvalue weighted by atomic mass is 10.1. The molecule has 3 heterocycles. The lowest BCUT2D eigenvalue weighted by molar-refractivity contribution is -0.142. The van der Waals surface area contributed by atoms with E-state index < -0.39 is 23.5 Å². The van der Waals surface area contributed by atoms with Gasteiger partial charge in [0.2, 0.25) is 11.8 Å². The van der Waals surface area contributed by atoms with Gasteiger partial charge in [0.1, 0.15) is 24.1 Å². The van der Waals surface area contributed by atoms with Crippen molar-refractivity contribution < 1.29 is 32.2 Å². The number of hydrogen-bond donors (Lipinski definition) is 1. The molecule has 1 N–H and O–H groups in total. The molecular formula is C26H28F3N5O4. The number of carbonyl (C=O) groups excluding carboxylic acids is 2. The monoisotopic (exact) mass is 531 g/mol.